The topological polar surface area (TPSA) is 68.3 Å². The zero-order valence-electron chi connectivity index (χ0n) is 12.4. The molecule has 3 aromatic rings. The Balaban J connectivity index is 2.18. The van der Waals surface area contributed by atoms with Crippen LogP contribution in [0, 0.1) is 10.1 Å². The van der Waals surface area contributed by atoms with E-state index < -0.39 is 0 Å². The molecule has 0 saturated heterocycles. The first kappa shape index (κ1) is 14.5. The molecule has 0 spiro atoms. The van der Waals surface area contributed by atoms with Gasteiger partial charge in [0.2, 0.25) is 0 Å². The Morgan fingerprint density at radius 2 is 1.91 bits per heavy atom. The standard InChI is InChI=1S/C17H18N2O3/c1-2-13(20)9-10-18-16-6-4-3-5-14(16)15-11-12(19(21)22)7-8-17(15)18/h3-8,11,13,20H,2,9-10H2,1H3. The van der Waals surface area contributed by atoms with Crippen molar-refractivity contribution in [2.45, 2.75) is 32.4 Å². The molecule has 1 unspecified atom stereocenters. The van der Waals surface area contributed by atoms with Gasteiger partial charge in [-0.05, 0) is 25.0 Å². The number of fused-ring (bicyclic) bond motifs is 3. The largest absolute Gasteiger partial charge is 0.393 e. The van der Waals surface area contributed by atoms with Crippen LogP contribution in [-0.2, 0) is 6.54 Å². The van der Waals surface area contributed by atoms with E-state index in [1.165, 1.54) is 6.07 Å². The smallest absolute Gasteiger partial charge is 0.270 e. The van der Waals surface area contributed by atoms with Crippen molar-refractivity contribution in [1.29, 1.82) is 0 Å². The van der Waals surface area contributed by atoms with E-state index in [9.17, 15) is 15.2 Å². The van der Waals surface area contributed by atoms with Gasteiger partial charge in [-0.15, -0.1) is 0 Å². The third-order valence-electron chi connectivity index (χ3n) is 4.12. The highest BCUT2D eigenvalue weighted by molar-refractivity contribution is 6.08. The Labute approximate surface area is 127 Å². The fourth-order valence-corrected chi connectivity index (χ4v) is 2.88. The summed E-state index contributed by atoms with van der Waals surface area (Å²) in [5.41, 5.74) is 2.11. The molecule has 0 aliphatic heterocycles. The lowest BCUT2D eigenvalue weighted by molar-refractivity contribution is -0.384. The zero-order valence-corrected chi connectivity index (χ0v) is 12.4. The van der Waals surface area contributed by atoms with Gasteiger partial charge in [0.05, 0.1) is 11.0 Å². The van der Waals surface area contributed by atoms with E-state index in [-0.39, 0.29) is 16.7 Å². The molecule has 0 amide bonds. The monoisotopic (exact) mass is 298 g/mol. The average molecular weight is 298 g/mol. The lowest BCUT2D eigenvalue weighted by Crippen LogP contribution is -2.09. The van der Waals surface area contributed by atoms with Gasteiger partial charge in [-0.1, -0.05) is 25.1 Å². The van der Waals surface area contributed by atoms with Crippen molar-refractivity contribution < 1.29 is 10.0 Å². The molecule has 0 aliphatic carbocycles. The third kappa shape index (κ3) is 2.44. The number of nitro groups is 1. The summed E-state index contributed by atoms with van der Waals surface area (Å²) in [5, 5.41) is 22.7. The van der Waals surface area contributed by atoms with E-state index in [2.05, 4.69) is 4.57 Å². The molecule has 114 valence electrons. The molecule has 1 heterocycles. The van der Waals surface area contributed by atoms with Crippen molar-refractivity contribution in [2.75, 3.05) is 0 Å². The Bertz CT molecular complexity index is 838. The molecule has 5 heteroatoms. The highest BCUT2D eigenvalue weighted by Crippen LogP contribution is 2.31. The van der Waals surface area contributed by atoms with Gasteiger partial charge >= 0.3 is 0 Å². The Hall–Kier alpha value is -2.40. The van der Waals surface area contributed by atoms with Crippen LogP contribution >= 0.6 is 0 Å². The SMILES string of the molecule is CCC(O)CCn1c2ccccc2c2cc([N+](=O)[O-])ccc21. The van der Waals surface area contributed by atoms with E-state index in [0.29, 0.717) is 13.0 Å². The van der Waals surface area contributed by atoms with Crippen molar-refractivity contribution in [3.63, 3.8) is 0 Å². The molecule has 1 aromatic heterocycles. The fraction of sp³-hybridized carbons (Fsp3) is 0.294. The Kier molecular flexibility index (Phi) is 3.81. The molecular weight excluding hydrogens is 280 g/mol. The number of aryl methyl sites for hydroxylation is 1. The van der Waals surface area contributed by atoms with Crippen LogP contribution in [0.1, 0.15) is 19.8 Å². The summed E-state index contributed by atoms with van der Waals surface area (Å²) in [4.78, 5) is 10.6. The maximum atomic E-state index is 11.0. The number of rotatable bonds is 5. The summed E-state index contributed by atoms with van der Waals surface area (Å²) >= 11 is 0. The summed E-state index contributed by atoms with van der Waals surface area (Å²) in [7, 11) is 0. The second kappa shape index (κ2) is 5.77. The molecule has 22 heavy (non-hydrogen) atoms. The summed E-state index contributed by atoms with van der Waals surface area (Å²) in [6, 6.07) is 12.9. The predicted molar refractivity (Wildman–Crippen MR) is 87.0 cm³/mol. The first-order valence-corrected chi connectivity index (χ1v) is 7.45. The molecule has 2 aromatic carbocycles. The van der Waals surface area contributed by atoms with E-state index in [1.807, 2.05) is 31.2 Å². The normalized spacial score (nSPS) is 12.8. The number of aliphatic hydroxyl groups excluding tert-OH is 1. The van der Waals surface area contributed by atoms with Crippen LogP contribution in [-0.4, -0.2) is 20.7 Å². The van der Waals surface area contributed by atoms with Gasteiger partial charge in [-0.25, -0.2) is 0 Å². The molecule has 0 aliphatic rings. The van der Waals surface area contributed by atoms with E-state index >= 15 is 0 Å². The molecule has 0 bridgehead atoms. The molecule has 3 rings (SSSR count). The number of benzene rings is 2. The average Bonchev–Trinajstić information content (AvgIpc) is 2.85. The number of nitro benzene ring substituents is 1. The summed E-state index contributed by atoms with van der Waals surface area (Å²) in [6.07, 6.45) is 1.07. The van der Waals surface area contributed by atoms with Gasteiger partial charge < -0.3 is 9.67 Å². The number of para-hydroxylation sites is 1. The maximum Gasteiger partial charge on any atom is 0.270 e. The predicted octanol–water partition coefficient (Wildman–Crippen LogP) is 3.86. The minimum Gasteiger partial charge on any atom is -0.393 e. The van der Waals surface area contributed by atoms with Crippen LogP contribution in [0.4, 0.5) is 5.69 Å². The summed E-state index contributed by atoms with van der Waals surface area (Å²) in [6.45, 7) is 2.65. The number of aliphatic hydroxyl groups is 1. The van der Waals surface area contributed by atoms with Crippen LogP contribution in [0.25, 0.3) is 21.8 Å². The maximum absolute atomic E-state index is 11.0. The van der Waals surface area contributed by atoms with Crippen molar-refractivity contribution in [3.8, 4) is 0 Å². The van der Waals surface area contributed by atoms with Crippen LogP contribution in [0.2, 0.25) is 0 Å². The van der Waals surface area contributed by atoms with Gasteiger partial charge in [0.15, 0.2) is 0 Å². The number of aromatic nitrogens is 1. The minimum atomic E-state index is -0.369. The lowest BCUT2D eigenvalue weighted by Gasteiger charge is -2.10. The van der Waals surface area contributed by atoms with Gasteiger partial charge in [0, 0.05) is 40.5 Å². The van der Waals surface area contributed by atoms with Gasteiger partial charge in [0.25, 0.3) is 5.69 Å². The van der Waals surface area contributed by atoms with E-state index in [4.69, 9.17) is 0 Å². The molecule has 1 atom stereocenters. The van der Waals surface area contributed by atoms with Crippen molar-refractivity contribution >= 4 is 27.5 Å². The number of hydrogen-bond acceptors (Lipinski definition) is 3. The zero-order chi connectivity index (χ0) is 15.7. The molecule has 5 nitrogen and oxygen atoms in total. The Morgan fingerprint density at radius 3 is 2.64 bits per heavy atom. The van der Waals surface area contributed by atoms with Gasteiger partial charge in [-0.3, -0.25) is 10.1 Å². The van der Waals surface area contributed by atoms with Crippen LogP contribution < -0.4 is 0 Å². The highest BCUT2D eigenvalue weighted by Gasteiger charge is 2.14. The Morgan fingerprint density at radius 1 is 1.18 bits per heavy atom. The van der Waals surface area contributed by atoms with Crippen LogP contribution in [0.5, 0.6) is 0 Å². The molecule has 0 radical (unpaired) electrons. The second-order valence-electron chi connectivity index (χ2n) is 5.48. The first-order chi connectivity index (χ1) is 10.6. The third-order valence-corrected chi connectivity index (χ3v) is 4.12. The summed E-state index contributed by atoms with van der Waals surface area (Å²) < 4.78 is 2.13. The molecule has 0 saturated carbocycles. The quantitative estimate of drug-likeness (QED) is 0.574. The number of non-ortho nitro benzene ring substituents is 1. The van der Waals surface area contributed by atoms with Gasteiger partial charge in [-0.2, -0.15) is 0 Å². The second-order valence-corrected chi connectivity index (χ2v) is 5.48. The van der Waals surface area contributed by atoms with Gasteiger partial charge in [0.1, 0.15) is 0 Å². The number of hydrogen-bond donors (Lipinski definition) is 1. The fourth-order valence-electron chi connectivity index (χ4n) is 2.88. The minimum absolute atomic E-state index is 0.101. The molecule has 0 fully saturated rings. The van der Waals surface area contributed by atoms with Crippen molar-refractivity contribution in [3.05, 3.63) is 52.6 Å². The van der Waals surface area contributed by atoms with Crippen molar-refractivity contribution in [2.24, 2.45) is 0 Å². The van der Waals surface area contributed by atoms with E-state index in [1.54, 1.807) is 12.1 Å². The lowest BCUT2D eigenvalue weighted by atomic mass is 10.1. The summed E-state index contributed by atoms with van der Waals surface area (Å²) in [5.74, 6) is 0. The first-order valence-electron chi connectivity index (χ1n) is 7.45. The highest BCUT2D eigenvalue weighted by atomic mass is 16.6. The molecular formula is C17H18N2O3. The van der Waals surface area contributed by atoms with Crippen LogP contribution in [0.15, 0.2) is 42.5 Å². The van der Waals surface area contributed by atoms with Crippen molar-refractivity contribution in [1.82, 2.24) is 4.57 Å². The van der Waals surface area contributed by atoms with Crippen LogP contribution in [0.3, 0.4) is 0 Å². The number of nitrogens with zero attached hydrogens (tertiary/aromatic N) is 2. The molecule has 1 N–H and O–H groups in total. The van der Waals surface area contributed by atoms with E-state index in [0.717, 1.165) is 28.2 Å².